The van der Waals surface area contributed by atoms with Gasteiger partial charge in [0.25, 0.3) is 0 Å². The normalized spacial score (nSPS) is 12.6. The Labute approximate surface area is 149 Å². The maximum absolute atomic E-state index is 5.89. The Morgan fingerprint density at radius 1 is 1.32 bits per heavy atom. The number of guanidine groups is 1. The number of benzene rings is 1. The fraction of sp³-hybridized carbons (Fsp3) is 0.444. The van der Waals surface area contributed by atoms with E-state index in [4.69, 9.17) is 9.47 Å². The Hall–Kier alpha value is -2.70. The number of methoxy groups -OCH3 is 1. The molecule has 0 aliphatic heterocycles. The molecule has 0 saturated carbocycles. The Morgan fingerprint density at radius 2 is 2.12 bits per heavy atom. The van der Waals surface area contributed by atoms with Gasteiger partial charge in [0, 0.05) is 25.9 Å². The van der Waals surface area contributed by atoms with Crippen LogP contribution in [0.3, 0.4) is 0 Å². The van der Waals surface area contributed by atoms with E-state index < -0.39 is 0 Å². The smallest absolute Gasteiger partial charge is 0.191 e. The van der Waals surface area contributed by atoms with Crippen molar-refractivity contribution >= 4 is 5.96 Å². The number of hydrogen-bond acceptors (Lipinski definition) is 4. The summed E-state index contributed by atoms with van der Waals surface area (Å²) in [5, 5.41) is 10.8. The van der Waals surface area contributed by atoms with Gasteiger partial charge < -0.3 is 20.1 Å². The van der Waals surface area contributed by atoms with E-state index in [9.17, 15) is 0 Å². The summed E-state index contributed by atoms with van der Waals surface area (Å²) in [5.41, 5.74) is 1.16. The van der Waals surface area contributed by atoms with Gasteiger partial charge in [0.15, 0.2) is 5.96 Å². The van der Waals surface area contributed by atoms with Gasteiger partial charge in [-0.25, -0.2) is 0 Å². The van der Waals surface area contributed by atoms with Crippen molar-refractivity contribution in [2.75, 3.05) is 27.2 Å². The summed E-state index contributed by atoms with van der Waals surface area (Å²) >= 11 is 0. The van der Waals surface area contributed by atoms with Gasteiger partial charge in [0.2, 0.25) is 0 Å². The van der Waals surface area contributed by atoms with Crippen molar-refractivity contribution in [3.8, 4) is 11.5 Å². The molecule has 2 rings (SSSR count). The van der Waals surface area contributed by atoms with Gasteiger partial charge in [0.1, 0.15) is 17.6 Å². The third-order valence-corrected chi connectivity index (χ3v) is 3.55. The molecule has 0 amide bonds. The van der Waals surface area contributed by atoms with E-state index in [0.29, 0.717) is 6.54 Å². The molecule has 7 nitrogen and oxygen atoms in total. The van der Waals surface area contributed by atoms with Crippen molar-refractivity contribution in [2.45, 2.75) is 26.5 Å². The van der Waals surface area contributed by atoms with Crippen molar-refractivity contribution in [1.82, 2.24) is 20.4 Å². The monoisotopic (exact) mass is 345 g/mol. The molecule has 0 aliphatic carbocycles. The number of aryl methyl sites for hydroxylation is 1. The van der Waals surface area contributed by atoms with E-state index >= 15 is 0 Å². The predicted octanol–water partition coefficient (Wildman–Crippen LogP) is 1.83. The van der Waals surface area contributed by atoms with Crippen LogP contribution >= 0.6 is 0 Å². The van der Waals surface area contributed by atoms with Gasteiger partial charge in [-0.05, 0) is 31.5 Å². The van der Waals surface area contributed by atoms with Gasteiger partial charge in [-0.2, -0.15) is 5.10 Å². The molecule has 0 bridgehead atoms. The standard InChI is InChI=1S/C18H27N5O2/c1-14-11-22-23(13-14)9-8-20-18(19-3)21-12-15(2)25-17-7-5-6-16(10-17)24-4/h5-7,10-11,13,15H,8-9,12H2,1-4H3,(H2,19,20,21). The van der Waals surface area contributed by atoms with Crippen LogP contribution in [-0.4, -0.2) is 49.1 Å². The summed E-state index contributed by atoms with van der Waals surface area (Å²) in [6, 6.07) is 7.59. The van der Waals surface area contributed by atoms with Crippen LogP contribution in [0.1, 0.15) is 12.5 Å². The van der Waals surface area contributed by atoms with E-state index in [2.05, 4.69) is 20.7 Å². The zero-order chi connectivity index (χ0) is 18.1. The van der Waals surface area contributed by atoms with Crippen LogP contribution in [0.2, 0.25) is 0 Å². The summed E-state index contributed by atoms with van der Waals surface area (Å²) in [7, 11) is 3.39. The highest BCUT2D eigenvalue weighted by Gasteiger charge is 2.06. The summed E-state index contributed by atoms with van der Waals surface area (Å²) < 4.78 is 13.0. The Morgan fingerprint density at radius 3 is 2.80 bits per heavy atom. The fourth-order valence-electron chi connectivity index (χ4n) is 2.29. The van der Waals surface area contributed by atoms with Gasteiger partial charge >= 0.3 is 0 Å². The number of aliphatic imine (C=N–C) groups is 1. The quantitative estimate of drug-likeness (QED) is 0.564. The molecule has 0 radical (unpaired) electrons. The van der Waals surface area contributed by atoms with Crippen molar-refractivity contribution in [3.63, 3.8) is 0 Å². The van der Waals surface area contributed by atoms with Crippen molar-refractivity contribution in [1.29, 1.82) is 0 Å². The summed E-state index contributed by atoms with van der Waals surface area (Å²) in [5.74, 6) is 2.31. The molecule has 0 fully saturated rings. The van der Waals surface area contributed by atoms with Crippen LogP contribution in [-0.2, 0) is 6.54 Å². The number of ether oxygens (including phenoxy) is 2. The lowest BCUT2D eigenvalue weighted by molar-refractivity contribution is 0.223. The number of hydrogen-bond donors (Lipinski definition) is 2. The first-order valence-electron chi connectivity index (χ1n) is 8.35. The highest BCUT2D eigenvalue weighted by atomic mass is 16.5. The first-order valence-corrected chi connectivity index (χ1v) is 8.35. The largest absolute Gasteiger partial charge is 0.497 e. The molecule has 2 aromatic rings. The third kappa shape index (κ3) is 6.37. The molecule has 0 aliphatic rings. The lowest BCUT2D eigenvalue weighted by Gasteiger charge is -2.18. The molecule has 1 unspecified atom stereocenters. The van der Waals surface area contributed by atoms with Crippen LogP contribution in [0.15, 0.2) is 41.7 Å². The van der Waals surface area contributed by atoms with Gasteiger partial charge in [0.05, 0.1) is 26.4 Å². The van der Waals surface area contributed by atoms with E-state index in [0.717, 1.165) is 36.1 Å². The molecule has 0 spiro atoms. The minimum atomic E-state index is -0.0144. The molecule has 1 heterocycles. The summed E-state index contributed by atoms with van der Waals surface area (Å²) in [6.45, 7) is 6.20. The first kappa shape index (κ1) is 18.6. The van der Waals surface area contributed by atoms with Crippen molar-refractivity contribution in [3.05, 3.63) is 42.2 Å². The Kier molecular flexibility index (Phi) is 7.13. The van der Waals surface area contributed by atoms with Crippen molar-refractivity contribution in [2.24, 2.45) is 4.99 Å². The van der Waals surface area contributed by atoms with Crippen LogP contribution in [0, 0.1) is 6.92 Å². The average molecular weight is 345 g/mol. The highest BCUT2D eigenvalue weighted by Crippen LogP contribution is 2.19. The van der Waals surface area contributed by atoms with E-state index in [1.54, 1.807) is 14.2 Å². The number of rotatable bonds is 8. The Balaban J connectivity index is 1.71. The second-order valence-electron chi connectivity index (χ2n) is 5.77. The number of nitrogens with one attached hydrogen (secondary N) is 2. The molecule has 136 valence electrons. The molecule has 1 aromatic heterocycles. The lowest BCUT2D eigenvalue weighted by atomic mass is 10.3. The van der Waals surface area contributed by atoms with Crippen molar-refractivity contribution < 1.29 is 9.47 Å². The maximum Gasteiger partial charge on any atom is 0.191 e. The Bertz CT molecular complexity index is 684. The SMILES string of the molecule is CN=C(NCCn1cc(C)cn1)NCC(C)Oc1cccc(OC)c1. The van der Waals surface area contributed by atoms with Crippen LogP contribution in [0.25, 0.3) is 0 Å². The topological polar surface area (TPSA) is 72.7 Å². The van der Waals surface area contributed by atoms with E-state index in [1.807, 2.05) is 55.2 Å². The van der Waals surface area contributed by atoms with E-state index in [-0.39, 0.29) is 6.10 Å². The predicted molar refractivity (Wildman–Crippen MR) is 99.4 cm³/mol. The van der Waals surface area contributed by atoms with Gasteiger partial charge in [-0.1, -0.05) is 6.07 Å². The van der Waals surface area contributed by atoms with Crippen LogP contribution < -0.4 is 20.1 Å². The minimum absolute atomic E-state index is 0.0144. The highest BCUT2D eigenvalue weighted by molar-refractivity contribution is 5.79. The third-order valence-electron chi connectivity index (χ3n) is 3.55. The molecule has 7 heteroatoms. The molecular formula is C18H27N5O2. The minimum Gasteiger partial charge on any atom is -0.497 e. The molecule has 0 saturated heterocycles. The molecule has 2 N–H and O–H groups in total. The fourth-order valence-corrected chi connectivity index (χ4v) is 2.29. The molecule has 1 atom stereocenters. The van der Waals surface area contributed by atoms with Gasteiger partial charge in [-0.3, -0.25) is 9.67 Å². The second-order valence-corrected chi connectivity index (χ2v) is 5.77. The second kappa shape index (κ2) is 9.56. The molecular weight excluding hydrogens is 318 g/mol. The lowest BCUT2D eigenvalue weighted by Crippen LogP contribution is -2.42. The average Bonchev–Trinajstić information content (AvgIpc) is 3.03. The van der Waals surface area contributed by atoms with E-state index in [1.165, 1.54) is 0 Å². The zero-order valence-electron chi connectivity index (χ0n) is 15.3. The summed E-state index contributed by atoms with van der Waals surface area (Å²) in [6.07, 6.45) is 3.85. The van der Waals surface area contributed by atoms with Crippen LogP contribution in [0.4, 0.5) is 0 Å². The number of nitrogens with zero attached hydrogens (tertiary/aromatic N) is 3. The summed E-state index contributed by atoms with van der Waals surface area (Å²) in [4.78, 5) is 4.22. The zero-order valence-corrected chi connectivity index (χ0v) is 15.3. The molecule has 25 heavy (non-hydrogen) atoms. The first-order chi connectivity index (χ1) is 12.1. The van der Waals surface area contributed by atoms with Crippen LogP contribution in [0.5, 0.6) is 11.5 Å². The maximum atomic E-state index is 5.89. The van der Waals surface area contributed by atoms with Gasteiger partial charge in [-0.15, -0.1) is 0 Å². The molecule has 1 aromatic carbocycles. The number of aromatic nitrogens is 2.